The summed E-state index contributed by atoms with van der Waals surface area (Å²) >= 11 is 0. The third-order valence-corrected chi connectivity index (χ3v) is 5.71. The summed E-state index contributed by atoms with van der Waals surface area (Å²) in [5.74, 6) is -0.393. The molecule has 0 radical (unpaired) electrons. The molecule has 2 aromatic carbocycles. The van der Waals surface area contributed by atoms with Crippen LogP contribution in [-0.4, -0.2) is 23.9 Å². The van der Waals surface area contributed by atoms with E-state index in [1.165, 1.54) is 6.07 Å². The van der Waals surface area contributed by atoms with Gasteiger partial charge in [-0.2, -0.15) is 0 Å². The molecule has 2 heterocycles. The predicted molar refractivity (Wildman–Crippen MR) is 112 cm³/mol. The largest absolute Gasteiger partial charge is 0.460 e. The van der Waals surface area contributed by atoms with E-state index in [0.29, 0.717) is 17.9 Å². The Kier molecular flexibility index (Phi) is 6.43. The number of carbonyl (C=O) groups excluding carboxylic acids is 1. The van der Waals surface area contributed by atoms with E-state index in [1.807, 2.05) is 18.2 Å². The number of carbonyl (C=O) groups is 1. The molecule has 1 atom stereocenters. The highest BCUT2D eigenvalue weighted by atomic mass is 19.2. The maximum absolute atomic E-state index is 13.2. The van der Waals surface area contributed by atoms with Gasteiger partial charge in [-0.3, -0.25) is 9.69 Å². The molecule has 4 rings (SSSR count). The van der Waals surface area contributed by atoms with Crippen LogP contribution in [0.4, 0.5) is 8.78 Å². The highest BCUT2D eigenvalue weighted by molar-refractivity contribution is 5.77. The average Bonchev–Trinajstić information content (AvgIpc) is 3.15. The van der Waals surface area contributed by atoms with Gasteiger partial charge < -0.3 is 9.73 Å². The lowest BCUT2D eigenvalue weighted by Gasteiger charge is -2.32. The number of fused-ring (bicyclic) bond motifs is 1. The molecule has 158 valence electrons. The van der Waals surface area contributed by atoms with Crippen molar-refractivity contribution in [3.63, 3.8) is 0 Å². The molecule has 0 spiro atoms. The molecule has 0 saturated carbocycles. The van der Waals surface area contributed by atoms with Crippen LogP contribution in [0.15, 0.2) is 52.9 Å². The number of nitrogens with one attached hydrogen (secondary N) is 1. The molecular formula is C24H26F2N2O2. The second kappa shape index (κ2) is 9.39. The van der Waals surface area contributed by atoms with Crippen molar-refractivity contribution in [1.29, 1.82) is 0 Å². The standard InChI is InChI=1S/C24H26F2N2O2/c25-21-9-7-18(12-22(21)26)14-27-24(29)10-8-17-4-3-11-28(15-17)16-20-13-19-5-1-2-6-23(19)30-20/h1-2,5-7,9,12-13,17H,3-4,8,10-11,14-16H2,(H,27,29)/t17-/m0/s1. The van der Waals surface area contributed by atoms with E-state index in [-0.39, 0.29) is 12.5 Å². The summed E-state index contributed by atoms with van der Waals surface area (Å²) in [6.45, 7) is 2.98. The lowest BCUT2D eigenvalue weighted by atomic mass is 9.93. The van der Waals surface area contributed by atoms with Crippen molar-refractivity contribution < 1.29 is 18.0 Å². The third kappa shape index (κ3) is 5.25. The summed E-state index contributed by atoms with van der Waals surface area (Å²) in [6, 6.07) is 13.8. The molecule has 4 nitrogen and oxygen atoms in total. The smallest absolute Gasteiger partial charge is 0.220 e. The Hall–Kier alpha value is -2.73. The van der Waals surface area contributed by atoms with E-state index >= 15 is 0 Å². The van der Waals surface area contributed by atoms with Crippen LogP contribution >= 0.6 is 0 Å². The maximum atomic E-state index is 13.2. The molecule has 1 saturated heterocycles. The number of nitrogens with zero attached hydrogens (tertiary/aromatic N) is 1. The molecule has 30 heavy (non-hydrogen) atoms. The van der Waals surface area contributed by atoms with Crippen molar-refractivity contribution >= 4 is 16.9 Å². The molecule has 0 bridgehead atoms. The van der Waals surface area contributed by atoms with Gasteiger partial charge in [0.15, 0.2) is 11.6 Å². The van der Waals surface area contributed by atoms with Crippen LogP contribution in [-0.2, 0) is 17.9 Å². The van der Waals surface area contributed by atoms with E-state index in [1.54, 1.807) is 0 Å². The Morgan fingerprint density at radius 2 is 2.00 bits per heavy atom. The van der Waals surface area contributed by atoms with Gasteiger partial charge in [0.25, 0.3) is 0 Å². The molecule has 1 aliphatic heterocycles. The predicted octanol–water partition coefficient (Wildman–Crippen LogP) is 5.02. The first-order valence-electron chi connectivity index (χ1n) is 10.5. The van der Waals surface area contributed by atoms with Crippen LogP contribution in [0, 0.1) is 17.6 Å². The van der Waals surface area contributed by atoms with Crippen LogP contribution in [0.3, 0.4) is 0 Å². The minimum atomic E-state index is -0.895. The lowest BCUT2D eigenvalue weighted by molar-refractivity contribution is -0.121. The van der Waals surface area contributed by atoms with Gasteiger partial charge in [0.1, 0.15) is 11.3 Å². The normalized spacial score (nSPS) is 17.3. The second-order valence-corrected chi connectivity index (χ2v) is 8.06. The molecule has 1 N–H and O–H groups in total. The molecule has 3 aromatic rings. The Labute approximate surface area is 174 Å². The summed E-state index contributed by atoms with van der Waals surface area (Å²) in [5.41, 5.74) is 1.47. The first-order valence-corrected chi connectivity index (χ1v) is 10.5. The summed E-state index contributed by atoms with van der Waals surface area (Å²) < 4.78 is 32.2. The Bertz CT molecular complexity index is 984. The zero-order valence-electron chi connectivity index (χ0n) is 16.9. The molecule has 1 fully saturated rings. The van der Waals surface area contributed by atoms with Crippen LogP contribution < -0.4 is 5.32 Å². The van der Waals surface area contributed by atoms with Gasteiger partial charge in [-0.15, -0.1) is 0 Å². The number of rotatable bonds is 7. The van der Waals surface area contributed by atoms with Gasteiger partial charge in [-0.1, -0.05) is 24.3 Å². The molecule has 0 unspecified atom stereocenters. The number of hydrogen-bond acceptors (Lipinski definition) is 3. The van der Waals surface area contributed by atoms with Gasteiger partial charge >= 0.3 is 0 Å². The molecule has 1 amide bonds. The van der Waals surface area contributed by atoms with Crippen molar-refractivity contribution in [3.8, 4) is 0 Å². The van der Waals surface area contributed by atoms with E-state index < -0.39 is 11.6 Å². The van der Waals surface area contributed by atoms with Crippen LogP contribution in [0.2, 0.25) is 0 Å². The van der Waals surface area contributed by atoms with Gasteiger partial charge in [-0.05, 0) is 61.6 Å². The number of amides is 1. The second-order valence-electron chi connectivity index (χ2n) is 8.06. The minimum Gasteiger partial charge on any atom is -0.460 e. The van der Waals surface area contributed by atoms with Crippen molar-refractivity contribution in [1.82, 2.24) is 10.2 Å². The van der Waals surface area contributed by atoms with Gasteiger partial charge in [-0.25, -0.2) is 8.78 Å². The van der Waals surface area contributed by atoms with Crippen LogP contribution in [0.5, 0.6) is 0 Å². The number of hydrogen-bond donors (Lipinski definition) is 1. The minimum absolute atomic E-state index is 0.0610. The lowest BCUT2D eigenvalue weighted by Crippen LogP contribution is -2.35. The van der Waals surface area contributed by atoms with Crippen molar-refractivity contribution in [2.75, 3.05) is 13.1 Å². The average molecular weight is 412 g/mol. The fourth-order valence-electron chi connectivity index (χ4n) is 4.14. The van der Waals surface area contributed by atoms with Crippen LogP contribution in [0.1, 0.15) is 37.0 Å². The Morgan fingerprint density at radius 1 is 1.13 bits per heavy atom. The first kappa shape index (κ1) is 20.5. The van der Waals surface area contributed by atoms with Gasteiger partial charge in [0.05, 0.1) is 6.54 Å². The van der Waals surface area contributed by atoms with Gasteiger partial charge in [0.2, 0.25) is 5.91 Å². The van der Waals surface area contributed by atoms with E-state index in [4.69, 9.17) is 4.42 Å². The highest BCUT2D eigenvalue weighted by Gasteiger charge is 2.21. The van der Waals surface area contributed by atoms with Crippen molar-refractivity contribution in [3.05, 3.63) is 71.5 Å². The monoisotopic (exact) mass is 412 g/mol. The fraction of sp³-hybridized carbons (Fsp3) is 0.375. The zero-order chi connectivity index (χ0) is 20.9. The summed E-state index contributed by atoms with van der Waals surface area (Å²) in [5, 5.41) is 3.92. The van der Waals surface area contributed by atoms with E-state index in [0.717, 1.165) is 67.8 Å². The number of piperidine rings is 1. The number of para-hydroxylation sites is 1. The quantitative estimate of drug-likeness (QED) is 0.593. The van der Waals surface area contributed by atoms with Crippen LogP contribution in [0.25, 0.3) is 11.0 Å². The number of benzene rings is 2. The Balaban J connectivity index is 1.22. The molecule has 0 aliphatic carbocycles. The highest BCUT2D eigenvalue weighted by Crippen LogP contribution is 2.25. The molecular weight excluding hydrogens is 386 g/mol. The maximum Gasteiger partial charge on any atom is 0.220 e. The topological polar surface area (TPSA) is 45.5 Å². The number of likely N-dealkylation sites (tertiary alicyclic amines) is 1. The summed E-state index contributed by atoms with van der Waals surface area (Å²) in [4.78, 5) is 14.6. The van der Waals surface area contributed by atoms with Gasteiger partial charge in [0, 0.05) is 24.9 Å². The van der Waals surface area contributed by atoms with E-state index in [2.05, 4.69) is 22.3 Å². The first-order chi connectivity index (χ1) is 14.6. The molecule has 1 aliphatic rings. The SMILES string of the molecule is O=C(CC[C@@H]1CCCN(Cc2cc3ccccc3o2)C1)NCc1ccc(F)c(F)c1. The zero-order valence-corrected chi connectivity index (χ0v) is 16.9. The van der Waals surface area contributed by atoms with Crippen molar-refractivity contribution in [2.24, 2.45) is 5.92 Å². The summed E-state index contributed by atoms with van der Waals surface area (Å²) in [7, 11) is 0. The van der Waals surface area contributed by atoms with Crippen molar-refractivity contribution in [2.45, 2.75) is 38.8 Å². The van der Waals surface area contributed by atoms with E-state index in [9.17, 15) is 13.6 Å². The number of furan rings is 1. The number of halogens is 2. The molecule has 6 heteroatoms. The summed E-state index contributed by atoms with van der Waals surface area (Å²) in [6.07, 6.45) is 3.49. The third-order valence-electron chi connectivity index (χ3n) is 5.71. The molecule has 1 aromatic heterocycles. The fourth-order valence-corrected chi connectivity index (χ4v) is 4.14. The Morgan fingerprint density at radius 3 is 2.83 bits per heavy atom.